The Bertz CT molecular complexity index is 729. The average Bonchev–Trinajstić information content (AvgIpc) is 2.91. The lowest BCUT2D eigenvalue weighted by Crippen LogP contribution is -2.12. The van der Waals surface area contributed by atoms with Crippen molar-refractivity contribution >= 4 is 43.0 Å². The number of rotatable bonds is 6. The van der Waals surface area contributed by atoms with E-state index in [4.69, 9.17) is 4.74 Å². The third kappa shape index (κ3) is 3.97. The van der Waals surface area contributed by atoms with E-state index < -0.39 is 10.0 Å². The molecule has 0 fully saturated rings. The standard InChI is InChI=1S/C13H15BrN2O3S2/c1-15-7-10-6-11(8-20-10)21(17,18)16-13-5-9(19-2)3-4-12(13)14/h3-6,8,15-16H,7H2,1-2H3. The van der Waals surface area contributed by atoms with E-state index in [2.05, 4.69) is 26.0 Å². The summed E-state index contributed by atoms with van der Waals surface area (Å²) in [5, 5.41) is 4.62. The quantitative estimate of drug-likeness (QED) is 0.795. The Kier molecular flexibility index (Phi) is 5.26. The number of hydrogen-bond donors (Lipinski definition) is 2. The van der Waals surface area contributed by atoms with Crippen LogP contribution in [0.5, 0.6) is 5.75 Å². The SMILES string of the molecule is CNCc1cc(S(=O)(=O)Nc2cc(OC)ccc2Br)cs1. The number of halogens is 1. The maximum atomic E-state index is 12.4. The Morgan fingerprint density at radius 3 is 2.76 bits per heavy atom. The highest BCUT2D eigenvalue weighted by atomic mass is 79.9. The monoisotopic (exact) mass is 390 g/mol. The van der Waals surface area contributed by atoms with Gasteiger partial charge in [-0.25, -0.2) is 8.42 Å². The minimum Gasteiger partial charge on any atom is -0.497 e. The van der Waals surface area contributed by atoms with E-state index in [9.17, 15) is 8.42 Å². The highest BCUT2D eigenvalue weighted by Crippen LogP contribution is 2.30. The van der Waals surface area contributed by atoms with Crippen molar-refractivity contribution < 1.29 is 13.2 Å². The van der Waals surface area contributed by atoms with Gasteiger partial charge in [-0.1, -0.05) is 0 Å². The molecule has 0 unspecified atom stereocenters. The van der Waals surface area contributed by atoms with Crippen molar-refractivity contribution in [3.8, 4) is 5.75 Å². The fraction of sp³-hybridized carbons (Fsp3) is 0.231. The molecular formula is C13H15BrN2O3S2. The molecule has 0 aliphatic heterocycles. The Morgan fingerprint density at radius 2 is 2.10 bits per heavy atom. The number of nitrogens with one attached hydrogen (secondary N) is 2. The van der Waals surface area contributed by atoms with Crippen LogP contribution in [0, 0.1) is 0 Å². The van der Waals surface area contributed by atoms with Gasteiger partial charge in [-0.3, -0.25) is 4.72 Å². The molecule has 5 nitrogen and oxygen atoms in total. The van der Waals surface area contributed by atoms with Gasteiger partial charge in [0.15, 0.2) is 0 Å². The second kappa shape index (κ2) is 6.78. The number of anilines is 1. The van der Waals surface area contributed by atoms with Gasteiger partial charge in [-0.2, -0.15) is 0 Å². The van der Waals surface area contributed by atoms with Crippen molar-refractivity contribution in [2.24, 2.45) is 0 Å². The lowest BCUT2D eigenvalue weighted by molar-refractivity contribution is 0.415. The summed E-state index contributed by atoms with van der Waals surface area (Å²) >= 11 is 4.73. The molecule has 0 saturated heterocycles. The summed E-state index contributed by atoms with van der Waals surface area (Å²) in [6.07, 6.45) is 0. The van der Waals surface area contributed by atoms with Crippen molar-refractivity contribution in [3.63, 3.8) is 0 Å². The molecule has 21 heavy (non-hydrogen) atoms. The second-order valence-electron chi connectivity index (χ2n) is 4.23. The zero-order valence-corrected chi connectivity index (χ0v) is 14.7. The maximum absolute atomic E-state index is 12.4. The second-order valence-corrected chi connectivity index (χ2v) is 7.76. The van der Waals surface area contributed by atoms with Crippen LogP contribution in [0.15, 0.2) is 39.0 Å². The van der Waals surface area contributed by atoms with Crippen LogP contribution in [-0.2, 0) is 16.6 Å². The summed E-state index contributed by atoms with van der Waals surface area (Å²) in [4.78, 5) is 1.22. The van der Waals surface area contributed by atoms with Gasteiger partial charge in [0.1, 0.15) is 5.75 Å². The van der Waals surface area contributed by atoms with Gasteiger partial charge in [-0.15, -0.1) is 11.3 Å². The minimum atomic E-state index is -3.61. The summed E-state index contributed by atoms with van der Waals surface area (Å²) in [5.74, 6) is 0.581. The van der Waals surface area contributed by atoms with Crippen molar-refractivity contribution in [2.75, 3.05) is 18.9 Å². The van der Waals surface area contributed by atoms with E-state index in [1.807, 2.05) is 7.05 Å². The molecule has 0 atom stereocenters. The highest BCUT2D eigenvalue weighted by molar-refractivity contribution is 9.10. The van der Waals surface area contributed by atoms with E-state index in [1.54, 1.807) is 29.6 Å². The average molecular weight is 391 g/mol. The van der Waals surface area contributed by atoms with Crippen LogP contribution in [0.3, 0.4) is 0 Å². The molecule has 1 aromatic heterocycles. The summed E-state index contributed by atoms with van der Waals surface area (Å²) in [7, 11) is -0.260. The first-order chi connectivity index (χ1) is 9.96. The van der Waals surface area contributed by atoms with Gasteiger partial charge in [0.2, 0.25) is 0 Å². The molecule has 0 aliphatic rings. The van der Waals surface area contributed by atoms with Gasteiger partial charge in [0.05, 0.1) is 17.7 Å². The number of hydrogen-bond acceptors (Lipinski definition) is 5. The minimum absolute atomic E-state index is 0.257. The lowest BCUT2D eigenvalue weighted by Gasteiger charge is -2.10. The summed E-state index contributed by atoms with van der Waals surface area (Å²) in [5.41, 5.74) is 0.440. The van der Waals surface area contributed by atoms with Gasteiger partial charge in [-0.05, 0) is 41.2 Å². The zero-order valence-electron chi connectivity index (χ0n) is 11.5. The van der Waals surface area contributed by atoms with E-state index in [1.165, 1.54) is 18.4 Å². The molecule has 0 saturated carbocycles. The fourth-order valence-electron chi connectivity index (χ4n) is 1.68. The van der Waals surface area contributed by atoms with Crippen molar-refractivity contribution in [1.29, 1.82) is 0 Å². The summed E-state index contributed by atoms with van der Waals surface area (Å²) in [6, 6.07) is 6.77. The molecular weight excluding hydrogens is 376 g/mol. The van der Waals surface area contributed by atoms with Crippen LogP contribution in [0.1, 0.15) is 4.88 Å². The van der Waals surface area contributed by atoms with Crippen molar-refractivity contribution in [1.82, 2.24) is 5.32 Å². The third-order valence-corrected chi connectivity index (χ3v) is 5.83. The van der Waals surface area contributed by atoms with Gasteiger partial charge in [0.25, 0.3) is 10.0 Å². The molecule has 114 valence electrons. The van der Waals surface area contributed by atoms with Crippen LogP contribution >= 0.6 is 27.3 Å². The zero-order chi connectivity index (χ0) is 15.5. The van der Waals surface area contributed by atoms with E-state index in [-0.39, 0.29) is 4.90 Å². The number of thiophene rings is 1. The molecule has 2 rings (SSSR count). The predicted octanol–water partition coefficient (Wildman–Crippen LogP) is 3.04. The first kappa shape index (κ1) is 16.3. The fourth-order valence-corrected chi connectivity index (χ4v) is 4.52. The smallest absolute Gasteiger partial charge is 0.262 e. The van der Waals surface area contributed by atoms with E-state index >= 15 is 0 Å². The summed E-state index contributed by atoms with van der Waals surface area (Å²) < 4.78 is 33.1. The maximum Gasteiger partial charge on any atom is 0.262 e. The van der Waals surface area contributed by atoms with Crippen LogP contribution in [0.4, 0.5) is 5.69 Å². The topological polar surface area (TPSA) is 67.4 Å². The Hall–Kier alpha value is -1.09. The van der Waals surface area contributed by atoms with Gasteiger partial charge < -0.3 is 10.1 Å². The Balaban J connectivity index is 2.28. The molecule has 8 heteroatoms. The molecule has 0 amide bonds. The highest BCUT2D eigenvalue weighted by Gasteiger charge is 2.18. The Labute approximate surface area is 136 Å². The molecule has 0 radical (unpaired) electrons. The molecule has 0 spiro atoms. The van der Waals surface area contributed by atoms with Gasteiger partial charge >= 0.3 is 0 Å². The van der Waals surface area contributed by atoms with E-state index in [0.29, 0.717) is 22.5 Å². The number of methoxy groups -OCH3 is 1. The molecule has 2 N–H and O–H groups in total. The molecule has 2 aromatic rings. The predicted molar refractivity (Wildman–Crippen MR) is 88.6 cm³/mol. The third-order valence-electron chi connectivity index (χ3n) is 2.71. The Morgan fingerprint density at radius 1 is 1.33 bits per heavy atom. The molecule has 0 aliphatic carbocycles. The van der Waals surface area contributed by atoms with Gasteiger partial charge in [0, 0.05) is 27.3 Å². The molecule has 1 heterocycles. The molecule has 0 bridgehead atoms. The summed E-state index contributed by atoms with van der Waals surface area (Å²) in [6.45, 7) is 0.642. The lowest BCUT2D eigenvalue weighted by atomic mass is 10.3. The molecule has 1 aromatic carbocycles. The first-order valence-corrected chi connectivity index (χ1v) is 9.20. The van der Waals surface area contributed by atoms with Crippen LogP contribution in [-0.4, -0.2) is 22.6 Å². The van der Waals surface area contributed by atoms with Crippen LogP contribution in [0.2, 0.25) is 0 Å². The van der Waals surface area contributed by atoms with Crippen LogP contribution in [0.25, 0.3) is 0 Å². The number of ether oxygens (including phenoxy) is 1. The van der Waals surface area contributed by atoms with Crippen LogP contribution < -0.4 is 14.8 Å². The van der Waals surface area contributed by atoms with E-state index in [0.717, 1.165) is 4.88 Å². The first-order valence-electron chi connectivity index (χ1n) is 6.04. The normalized spacial score (nSPS) is 11.4. The van der Waals surface area contributed by atoms with Crippen molar-refractivity contribution in [2.45, 2.75) is 11.4 Å². The largest absolute Gasteiger partial charge is 0.497 e. The number of benzene rings is 1. The van der Waals surface area contributed by atoms with Crippen molar-refractivity contribution in [3.05, 3.63) is 39.0 Å². The number of sulfonamides is 1.